The minimum absolute atomic E-state index is 0.0479. The Morgan fingerprint density at radius 3 is 2.43 bits per heavy atom. The first kappa shape index (κ1) is 48.0. The molecule has 1 saturated carbocycles. The summed E-state index contributed by atoms with van der Waals surface area (Å²) in [5, 5.41) is 29.1. The van der Waals surface area contributed by atoms with Gasteiger partial charge in [0.1, 0.15) is 39.4 Å². The largest absolute Gasteiger partial charge is 0.494 e. The van der Waals surface area contributed by atoms with Gasteiger partial charge in [0.15, 0.2) is 5.82 Å². The van der Waals surface area contributed by atoms with Crippen molar-refractivity contribution in [3.05, 3.63) is 145 Å². The van der Waals surface area contributed by atoms with Crippen LogP contribution in [0.1, 0.15) is 124 Å². The average Bonchev–Trinajstić information content (AvgIpc) is 3.97. The number of fused-ring (bicyclic) bond motifs is 4. The van der Waals surface area contributed by atoms with Crippen LogP contribution in [-0.2, 0) is 33.2 Å². The molecule has 14 nitrogen and oxygen atoms in total. The van der Waals surface area contributed by atoms with Gasteiger partial charge in [-0.25, -0.2) is 13.1 Å². The van der Waals surface area contributed by atoms with Crippen molar-refractivity contribution in [2.75, 3.05) is 14.2 Å². The van der Waals surface area contributed by atoms with Gasteiger partial charge in [0, 0.05) is 59.4 Å². The Hall–Kier alpha value is -6.07. The van der Waals surface area contributed by atoms with E-state index in [1.807, 2.05) is 80.6 Å². The van der Waals surface area contributed by atoms with E-state index in [1.54, 1.807) is 49.4 Å². The van der Waals surface area contributed by atoms with Crippen LogP contribution in [0.15, 0.2) is 88.8 Å². The molecular formula is C52H55ClN8O6S2. The summed E-state index contributed by atoms with van der Waals surface area (Å²) in [6.45, 7) is 10.2. The first-order valence-electron chi connectivity index (χ1n) is 23.0. The lowest BCUT2D eigenvalue weighted by molar-refractivity contribution is -0.137. The molecule has 4 aromatic carbocycles. The predicted molar refractivity (Wildman–Crippen MR) is 268 cm³/mol. The molecule has 2 aliphatic rings. The van der Waals surface area contributed by atoms with E-state index < -0.39 is 33.4 Å². The summed E-state index contributed by atoms with van der Waals surface area (Å²) in [5.41, 5.74) is 8.51. The number of aryl methyl sites for hydroxylation is 4. The fraction of sp³-hybridized carbons (Fsp3) is 0.365. The lowest BCUT2D eigenvalue weighted by Crippen LogP contribution is -2.34. The van der Waals surface area contributed by atoms with E-state index in [9.17, 15) is 23.1 Å². The lowest BCUT2D eigenvalue weighted by Gasteiger charge is -2.38. The smallest absolute Gasteiger partial charge is 0.304 e. The molecule has 4 atom stereocenters. The first-order chi connectivity index (χ1) is 32.9. The zero-order valence-corrected chi connectivity index (χ0v) is 42.3. The fourth-order valence-electron chi connectivity index (χ4n) is 10.2. The van der Waals surface area contributed by atoms with E-state index in [0.29, 0.717) is 39.6 Å². The van der Waals surface area contributed by atoms with Gasteiger partial charge in [-0.15, -0.1) is 26.6 Å². The number of Topliss-reactive ketones (excluding diaryl/α,β-unsaturated/α-hetero) is 1. The number of sulfonamides is 1. The van der Waals surface area contributed by atoms with E-state index >= 15 is 0 Å². The normalized spacial score (nSPS) is 18.7. The molecule has 69 heavy (non-hydrogen) atoms. The second-order valence-electron chi connectivity index (χ2n) is 18.9. The molecule has 1 N–H and O–H groups in total. The minimum atomic E-state index is -3.94. The number of rotatable bonds is 14. The van der Waals surface area contributed by atoms with Crippen LogP contribution in [0.5, 0.6) is 5.75 Å². The molecule has 0 radical (unpaired) electrons. The van der Waals surface area contributed by atoms with Crippen molar-refractivity contribution in [2.24, 2.45) is 17.5 Å². The number of aliphatic imine (C=N–C) groups is 1. The lowest BCUT2D eigenvalue weighted by atomic mass is 9.66. The van der Waals surface area contributed by atoms with Gasteiger partial charge in [-0.2, -0.15) is 4.31 Å². The van der Waals surface area contributed by atoms with Crippen molar-refractivity contribution in [3.8, 4) is 10.8 Å². The van der Waals surface area contributed by atoms with Crippen LogP contribution >= 0.6 is 22.9 Å². The Bertz CT molecular complexity index is 3290. The number of ketones is 1. The Morgan fingerprint density at radius 1 is 0.986 bits per heavy atom. The third kappa shape index (κ3) is 9.03. The van der Waals surface area contributed by atoms with E-state index in [0.717, 1.165) is 74.7 Å². The number of carbonyl (C=O) groups excluding carboxylic acids is 1. The fourth-order valence-corrected chi connectivity index (χ4v) is 12.7. The maximum absolute atomic E-state index is 14.7. The zero-order chi connectivity index (χ0) is 49.1. The molecular weight excluding hydrogens is 932 g/mol. The first-order valence-corrected chi connectivity index (χ1v) is 25.6. The van der Waals surface area contributed by atoms with Crippen LogP contribution < -0.4 is 4.74 Å². The van der Waals surface area contributed by atoms with Crippen molar-refractivity contribution in [1.82, 2.24) is 34.1 Å². The Kier molecular flexibility index (Phi) is 13.0. The second-order valence-corrected chi connectivity index (χ2v) is 22.5. The summed E-state index contributed by atoms with van der Waals surface area (Å²) in [6, 6.07) is 23.5. The molecule has 1 aliphatic carbocycles. The third-order valence-corrected chi connectivity index (χ3v) is 17.6. The van der Waals surface area contributed by atoms with E-state index in [1.165, 1.54) is 9.18 Å². The van der Waals surface area contributed by atoms with E-state index in [2.05, 4.69) is 45.8 Å². The predicted octanol–water partition coefficient (Wildman–Crippen LogP) is 10.1. The summed E-state index contributed by atoms with van der Waals surface area (Å²) in [4.78, 5) is 33.7. The molecule has 4 unspecified atom stereocenters. The van der Waals surface area contributed by atoms with Gasteiger partial charge < -0.3 is 9.84 Å². The number of ether oxygens (including phenoxy) is 1. The Morgan fingerprint density at radius 2 is 1.72 bits per heavy atom. The van der Waals surface area contributed by atoms with Gasteiger partial charge in [0.2, 0.25) is 10.0 Å². The van der Waals surface area contributed by atoms with Gasteiger partial charge in [-0.1, -0.05) is 72.6 Å². The second kappa shape index (κ2) is 18.7. The summed E-state index contributed by atoms with van der Waals surface area (Å²) >= 11 is 8.00. The maximum Gasteiger partial charge on any atom is 0.304 e. The highest BCUT2D eigenvalue weighted by atomic mass is 35.5. The number of benzene rings is 4. The van der Waals surface area contributed by atoms with Crippen LogP contribution in [0.25, 0.3) is 16.0 Å². The number of carboxylic acids is 1. The molecule has 1 aliphatic heterocycles. The number of hydrogen-bond donors (Lipinski definition) is 1. The molecule has 17 heteroatoms. The molecule has 7 aromatic rings. The van der Waals surface area contributed by atoms with Gasteiger partial charge in [-0.3, -0.25) is 19.1 Å². The number of aliphatic carboxylic acids is 1. The molecule has 1 fully saturated rings. The van der Waals surface area contributed by atoms with Gasteiger partial charge in [0.25, 0.3) is 0 Å². The number of methoxy groups -OCH3 is 1. The topological polar surface area (TPSA) is 175 Å². The number of thiophene rings is 1. The van der Waals surface area contributed by atoms with Crippen molar-refractivity contribution in [2.45, 2.75) is 102 Å². The number of hydrogen-bond acceptors (Lipinski definition) is 11. The summed E-state index contributed by atoms with van der Waals surface area (Å²) in [6.07, 6.45) is 3.03. The number of carboxylic acid groups (broad SMARTS) is 1. The molecule has 4 heterocycles. The van der Waals surface area contributed by atoms with Gasteiger partial charge in [0.05, 0.1) is 24.1 Å². The van der Waals surface area contributed by atoms with Crippen LogP contribution in [0.2, 0.25) is 5.02 Å². The molecule has 0 spiro atoms. The highest BCUT2D eigenvalue weighted by Crippen LogP contribution is 2.47. The summed E-state index contributed by atoms with van der Waals surface area (Å²) in [5.74, 6) is 0.518. The van der Waals surface area contributed by atoms with Crippen LogP contribution in [-0.4, -0.2) is 79.2 Å². The van der Waals surface area contributed by atoms with Crippen LogP contribution in [0, 0.1) is 33.1 Å². The van der Waals surface area contributed by atoms with Crippen molar-refractivity contribution in [1.29, 1.82) is 0 Å². The summed E-state index contributed by atoms with van der Waals surface area (Å²) < 4.78 is 39.0. The van der Waals surface area contributed by atoms with Crippen molar-refractivity contribution < 1.29 is 27.9 Å². The van der Waals surface area contributed by atoms with Crippen molar-refractivity contribution in [3.63, 3.8) is 0 Å². The quantitative estimate of drug-likeness (QED) is 0.110. The molecule has 0 bridgehead atoms. The zero-order valence-electron chi connectivity index (χ0n) is 39.9. The molecule has 358 valence electrons. The monoisotopic (exact) mass is 986 g/mol. The number of nitrogens with zero attached hydrogens (tertiary/aromatic N) is 8. The Balaban J connectivity index is 0.927. The minimum Gasteiger partial charge on any atom is -0.494 e. The molecule has 3 aromatic heterocycles. The Labute approximate surface area is 411 Å². The highest BCUT2D eigenvalue weighted by molar-refractivity contribution is 7.89. The highest BCUT2D eigenvalue weighted by Gasteiger charge is 2.42. The van der Waals surface area contributed by atoms with Crippen molar-refractivity contribution >= 4 is 61.5 Å². The maximum atomic E-state index is 14.7. The van der Waals surface area contributed by atoms with Crippen LogP contribution in [0.3, 0.4) is 0 Å². The van der Waals surface area contributed by atoms with Gasteiger partial charge >= 0.3 is 5.97 Å². The van der Waals surface area contributed by atoms with E-state index in [4.69, 9.17) is 21.3 Å². The molecule has 0 saturated heterocycles. The van der Waals surface area contributed by atoms with E-state index in [-0.39, 0.29) is 36.0 Å². The molecule has 9 rings (SSSR count). The average molecular weight is 988 g/mol. The number of halogens is 1. The number of aromatic nitrogens is 6. The third-order valence-electron chi connectivity index (χ3n) is 14.3. The standard InChI is InChI=1S/C52H55ClN8O6S2/c1-29-11-12-35(41(25-46(63)64)37-23-42-49(44(24-37)67-8)60(7)58-56-42)22-38(29)28-59(6)69(65,66)40-19-15-33(16-20-40)36-10-9-21-52(5,27-36)45(62)26-43-50-57-55-32(4)61(50)51-47(30(2)31(3)68-51)48(54-43)34-13-17-39(53)18-14-34/h11-20,22-24,36,41,43H,9-10,21,25-28H2,1-8H3,(H,63,64). The van der Waals surface area contributed by atoms with Crippen LogP contribution in [0.4, 0.5) is 0 Å². The van der Waals surface area contributed by atoms with Gasteiger partial charge in [-0.05, 0) is 123 Å². The molecule has 0 amide bonds. The summed E-state index contributed by atoms with van der Waals surface area (Å²) in [7, 11) is 0.920. The number of carbonyl (C=O) groups is 2. The SMILES string of the molecule is COc1cc(C(CC(=O)O)c2ccc(C)c(CN(C)S(=O)(=O)c3ccc(C4CCCC(C)(C(=O)CC5N=C(c6ccc(Cl)cc6)c6c(sc(C)c6C)-n6c(C)nnc65)C4)cc3)c2)cc2nnn(C)c12.